The van der Waals surface area contributed by atoms with Gasteiger partial charge in [-0.1, -0.05) is 17.7 Å². The maximum atomic E-state index is 6.56. The van der Waals surface area contributed by atoms with Crippen LogP contribution in [0, 0.1) is 0 Å². The van der Waals surface area contributed by atoms with Gasteiger partial charge in [0.2, 0.25) is 0 Å². The SMILES string of the molecule is CCNC(=NCc1ccsc1)NCc1c(Cl)cccc1N1CCN(C)CC1. The summed E-state index contributed by atoms with van der Waals surface area (Å²) < 4.78 is 0. The molecule has 1 fully saturated rings. The second-order valence-corrected chi connectivity index (χ2v) is 7.90. The largest absolute Gasteiger partial charge is 0.369 e. The van der Waals surface area contributed by atoms with E-state index in [1.807, 2.05) is 12.1 Å². The van der Waals surface area contributed by atoms with E-state index in [9.17, 15) is 0 Å². The molecule has 7 heteroatoms. The molecule has 0 unspecified atom stereocenters. The number of halogens is 1. The van der Waals surface area contributed by atoms with Crippen LogP contribution in [0.3, 0.4) is 0 Å². The number of hydrogen-bond donors (Lipinski definition) is 2. The Balaban J connectivity index is 1.70. The summed E-state index contributed by atoms with van der Waals surface area (Å²) in [7, 11) is 2.17. The van der Waals surface area contributed by atoms with Gasteiger partial charge < -0.3 is 20.4 Å². The van der Waals surface area contributed by atoms with Gasteiger partial charge in [-0.3, -0.25) is 0 Å². The third-order valence-electron chi connectivity index (χ3n) is 4.71. The molecule has 2 aromatic rings. The molecule has 3 rings (SSSR count). The van der Waals surface area contributed by atoms with Crippen molar-refractivity contribution >= 4 is 34.6 Å². The summed E-state index contributed by atoms with van der Waals surface area (Å²) in [6, 6.07) is 8.28. The standard InChI is InChI=1S/C20H28ClN5S/c1-3-22-20(23-13-16-7-12-27-15-16)24-14-17-18(21)5-4-6-19(17)26-10-8-25(2)9-11-26/h4-7,12,15H,3,8-11,13-14H2,1-2H3,(H2,22,23,24). The van der Waals surface area contributed by atoms with Crippen molar-refractivity contribution in [2.45, 2.75) is 20.0 Å². The summed E-state index contributed by atoms with van der Waals surface area (Å²) >= 11 is 8.26. The number of thiophene rings is 1. The first-order valence-corrected chi connectivity index (χ1v) is 10.7. The normalized spacial score (nSPS) is 15.8. The van der Waals surface area contributed by atoms with Gasteiger partial charge in [-0.15, -0.1) is 0 Å². The third kappa shape index (κ3) is 5.61. The zero-order valence-corrected chi connectivity index (χ0v) is 17.6. The molecule has 27 heavy (non-hydrogen) atoms. The Morgan fingerprint density at radius 1 is 1.19 bits per heavy atom. The van der Waals surface area contributed by atoms with E-state index in [-0.39, 0.29) is 0 Å². The molecule has 1 aliphatic rings. The number of likely N-dealkylation sites (N-methyl/N-ethyl adjacent to an activating group) is 1. The Labute approximate surface area is 171 Å². The number of piperazine rings is 1. The molecular formula is C20H28ClN5S. The highest BCUT2D eigenvalue weighted by Crippen LogP contribution is 2.28. The van der Waals surface area contributed by atoms with E-state index < -0.39 is 0 Å². The zero-order chi connectivity index (χ0) is 19.1. The highest BCUT2D eigenvalue weighted by atomic mass is 35.5. The number of anilines is 1. The summed E-state index contributed by atoms with van der Waals surface area (Å²) in [5.41, 5.74) is 3.58. The van der Waals surface area contributed by atoms with Gasteiger partial charge in [0.1, 0.15) is 0 Å². The molecule has 1 aromatic heterocycles. The Morgan fingerprint density at radius 2 is 2.00 bits per heavy atom. The lowest BCUT2D eigenvalue weighted by Crippen LogP contribution is -2.45. The topological polar surface area (TPSA) is 42.9 Å². The van der Waals surface area contributed by atoms with Gasteiger partial charge in [0.15, 0.2) is 5.96 Å². The molecule has 0 amide bonds. The molecule has 0 atom stereocenters. The fraction of sp³-hybridized carbons (Fsp3) is 0.450. The molecule has 0 bridgehead atoms. The van der Waals surface area contributed by atoms with Gasteiger partial charge >= 0.3 is 0 Å². The third-order valence-corrected chi connectivity index (χ3v) is 5.80. The van der Waals surface area contributed by atoms with Crippen LogP contribution in [0.1, 0.15) is 18.1 Å². The second kappa shape index (κ2) is 9.97. The van der Waals surface area contributed by atoms with E-state index in [1.165, 1.54) is 11.3 Å². The molecule has 1 aliphatic heterocycles. The second-order valence-electron chi connectivity index (χ2n) is 6.71. The Hall–Kier alpha value is -1.76. The molecule has 2 N–H and O–H groups in total. The lowest BCUT2D eigenvalue weighted by Gasteiger charge is -2.35. The van der Waals surface area contributed by atoms with Crippen molar-refractivity contribution in [3.05, 3.63) is 51.2 Å². The van der Waals surface area contributed by atoms with Crippen LogP contribution in [0.25, 0.3) is 0 Å². The Morgan fingerprint density at radius 3 is 2.70 bits per heavy atom. The van der Waals surface area contributed by atoms with Crippen LogP contribution in [-0.2, 0) is 13.1 Å². The van der Waals surface area contributed by atoms with Crippen LogP contribution in [0.4, 0.5) is 5.69 Å². The molecule has 0 radical (unpaired) electrons. The fourth-order valence-electron chi connectivity index (χ4n) is 3.13. The van der Waals surface area contributed by atoms with Crippen molar-refractivity contribution in [2.24, 2.45) is 4.99 Å². The first-order chi connectivity index (χ1) is 13.2. The first kappa shape index (κ1) is 20.0. The van der Waals surface area contributed by atoms with E-state index in [1.54, 1.807) is 11.3 Å². The van der Waals surface area contributed by atoms with E-state index in [2.05, 4.69) is 57.3 Å². The Kier molecular flexibility index (Phi) is 7.38. The van der Waals surface area contributed by atoms with E-state index in [0.717, 1.165) is 49.3 Å². The highest BCUT2D eigenvalue weighted by Gasteiger charge is 2.18. The molecule has 146 valence electrons. The number of benzene rings is 1. The molecule has 2 heterocycles. The number of rotatable bonds is 6. The predicted octanol–water partition coefficient (Wildman–Crippen LogP) is 3.41. The molecular weight excluding hydrogens is 378 g/mol. The summed E-state index contributed by atoms with van der Waals surface area (Å²) in [6.07, 6.45) is 0. The van der Waals surface area contributed by atoms with Crippen LogP contribution in [0.5, 0.6) is 0 Å². The summed E-state index contributed by atoms with van der Waals surface area (Å²) in [4.78, 5) is 9.48. The van der Waals surface area contributed by atoms with Crippen LogP contribution in [-0.4, -0.2) is 50.6 Å². The average molecular weight is 406 g/mol. The fourth-order valence-corrected chi connectivity index (χ4v) is 4.03. The molecule has 5 nitrogen and oxygen atoms in total. The molecule has 1 aromatic carbocycles. The maximum absolute atomic E-state index is 6.56. The summed E-state index contributed by atoms with van der Waals surface area (Å²) in [6.45, 7) is 8.42. The molecule has 1 saturated heterocycles. The van der Waals surface area contributed by atoms with Gasteiger partial charge in [0.25, 0.3) is 0 Å². The van der Waals surface area contributed by atoms with Crippen molar-refractivity contribution in [2.75, 3.05) is 44.7 Å². The minimum atomic E-state index is 0.650. The number of hydrogen-bond acceptors (Lipinski definition) is 4. The van der Waals surface area contributed by atoms with Gasteiger partial charge in [-0.2, -0.15) is 11.3 Å². The Bertz CT molecular complexity index is 739. The van der Waals surface area contributed by atoms with Crippen LogP contribution >= 0.6 is 22.9 Å². The lowest BCUT2D eigenvalue weighted by molar-refractivity contribution is 0.312. The minimum absolute atomic E-state index is 0.650. The van der Waals surface area contributed by atoms with Gasteiger partial charge in [-0.05, 0) is 48.5 Å². The maximum Gasteiger partial charge on any atom is 0.191 e. The summed E-state index contributed by atoms with van der Waals surface area (Å²) in [5, 5.41) is 11.8. The highest BCUT2D eigenvalue weighted by molar-refractivity contribution is 7.07. The zero-order valence-electron chi connectivity index (χ0n) is 16.0. The van der Waals surface area contributed by atoms with E-state index >= 15 is 0 Å². The van der Waals surface area contributed by atoms with Crippen molar-refractivity contribution < 1.29 is 0 Å². The number of nitrogens with one attached hydrogen (secondary N) is 2. The monoisotopic (exact) mass is 405 g/mol. The van der Waals surface area contributed by atoms with Gasteiger partial charge in [-0.25, -0.2) is 4.99 Å². The van der Waals surface area contributed by atoms with E-state index in [4.69, 9.17) is 16.6 Å². The molecule has 0 aliphatic carbocycles. The molecule has 0 spiro atoms. The van der Waals surface area contributed by atoms with Crippen molar-refractivity contribution in [3.63, 3.8) is 0 Å². The predicted molar refractivity (Wildman–Crippen MR) is 117 cm³/mol. The van der Waals surface area contributed by atoms with Gasteiger partial charge in [0.05, 0.1) is 6.54 Å². The van der Waals surface area contributed by atoms with Crippen LogP contribution in [0.15, 0.2) is 40.0 Å². The molecule has 0 saturated carbocycles. The van der Waals surface area contributed by atoms with Crippen molar-refractivity contribution in [1.82, 2.24) is 15.5 Å². The quantitative estimate of drug-likeness (QED) is 0.571. The number of aliphatic imine (C=N–C) groups is 1. The summed E-state index contributed by atoms with van der Waals surface area (Å²) in [5.74, 6) is 0.813. The van der Waals surface area contributed by atoms with E-state index in [0.29, 0.717) is 13.1 Å². The van der Waals surface area contributed by atoms with Gasteiger partial charge in [0, 0.05) is 55.5 Å². The van der Waals surface area contributed by atoms with Crippen molar-refractivity contribution in [3.8, 4) is 0 Å². The average Bonchev–Trinajstić information content (AvgIpc) is 3.19. The van der Waals surface area contributed by atoms with Crippen molar-refractivity contribution in [1.29, 1.82) is 0 Å². The number of nitrogens with zero attached hydrogens (tertiary/aromatic N) is 3. The minimum Gasteiger partial charge on any atom is -0.369 e. The smallest absolute Gasteiger partial charge is 0.191 e. The lowest BCUT2D eigenvalue weighted by atomic mass is 10.1. The number of guanidine groups is 1. The van der Waals surface area contributed by atoms with Crippen LogP contribution < -0.4 is 15.5 Å². The first-order valence-electron chi connectivity index (χ1n) is 9.41. The van der Waals surface area contributed by atoms with Crippen LogP contribution in [0.2, 0.25) is 5.02 Å².